The van der Waals surface area contributed by atoms with Crippen LogP contribution in [-0.2, 0) is 19.9 Å². The average molecular weight is 326 g/mol. The van der Waals surface area contributed by atoms with Crippen LogP contribution in [-0.4, -0.2) is 39.3 Å². The summed E-state index contributed by atoms with van der Waals surface area (Å²) in [7, 11) is -7.07. The summed E-state index contributed by atoms with van der Waals surface area (Å²) in [6, 6.07) is 0.135. The fourth-order valence-electron chi connectivity index (χ4n) is 2.37. The van der Waals surface area contributed by atoms with Crippen molar-refractivity contribution in [3.05, 3.63) is 9.81 Å². The zero-order chi connectivity index (χ0) is 14.4. The van der Waals surface area contributed by atoms with E-state index in [1.54, 1.807) is 0 Å². The summed E-state index contributed by atoms with van der Waals surface area (Å²) in [5.41, 5.74) is 0.684. The van der Waals surface area contributed by atoms with Gasteiger partial charge in [0.1, 0.15) is 8.82 Å². The van der Waals surface area contributed by atoms with Gasteiger partial charge in [0.15, 0.2) is 9.84 Å². The van der Waals surface area contributed by atoms with Gasteiger partial charge in [0, 0.05) is 12.1 Å². The monoisotopic (exact) mass is 326 g/mol. The van der Waals surface area contributed by atoms with E-state index in [0.717, 1.165) is 11.8 Å². The number of primary sulfonamides is 1. The van der Waals surface area contributed by atoms with E-state index in [1.165, 1.54) is 0 Å². The highest BCUT2D eigenvalue weighted by Crippen LogP contribution is 2.47. The first-order valence-electron chi connectivity index (χ1n) is 6.01. The molecule has 0 spiro atoms. The van der Waals surface area contributed by atoms with Crippen LogP contribution in [0.25, 0.3) is 0 Å². The van der Waals surface area contributed by atoms with Gasteiger partial charge >= 0.3 is 0 Å². The van der Waals surface area contributed by atoms with Crippen LogP contribution in [0, 0.1) is 0 Å². The van der Waals surface area contributed by atoms with Gasteiger partial charge < -0.3 is 5.32 Å². The van der Waals surface area contributed by atoms with Crippen LogP contribution in [0.2, 0.25) is 0 Å². The first kappa shape index (κ1) is 15.3. The first-order valence-corrected chi connectivity index (χ1v) is 10.2. The molecule has 2 unspecified atom stereocenters. The molecule has 0 fully saturated rings. The topological polar surface area (TPSA) is 106 Å². The van der Waals surface area contributed by atoms with Crippen LogP contribution in [0.5, 0.6) is 0 Å². The summed E-state index contributed by atoms with van der Waals surface area (Å²) >= 11 is 0.878. The lowest BCUT2D eigenvalue weighted by atomic mass is 10.0. The van der Waals surface area contributed by atoms with Crippen molar-refractivity contribution in [1.82, 2.24) is 5.32 Å². The van der Waals surface area contributed by atoms with Gasteiger partial charge in [-0.25, -0.2) is 22.0 Å². The number of nitrogens with two attached hydrogens (primary N) is 1. The summed E-state index contributed by atoms with van der Waals surface area (Å²) in [5, 5.41) is 8.43. The van der Waals surface area contributed by atoms with E-state index < -0.39 is 24.4 Å². The molecule has 110 valence electrons. The lowest BCUT2D eigenvalue weighted by molar-refractivity contribution is 0.481. The van der Waals surface area contributed by atoms with Gasteiger partial charge in [-0.2, -0.15) is 0 Å². The van der Waals surface area contributed by atoms with Crippen molar-refractivity contribution in [2.45, 2.75) is 43.4 Å². The Morgan fingerprint density at radius 3 is 2.58 bits per heavy atom. The van der Waals surface area contributed by atoms with Gasteiger partial charge in [0.2, 0.25) is 10.0 Å². The standard InChI is InChI=1S/C10H18N2O4S3/c1-6(2)12-8-3-4-18(13,14)10-7(8)5-9(17-10)19(11,15)16/h6,8-9,12H,3-5H2,1-2H3,(H2,11,15,16). The molecule has 0 aromatic heterocycles. The van der Waals surface area contributed by atoms with Crippen LogP contribution in [0.1, 0.15) is 26.7 Å². The molecule has 0 aromatic carbocycles. The van der Waals surface area contributed by atoms with Gasteiger partial charge in [0.25, 0.3) is 0 Å². The zero-order valence-electron chi connectivity index (χ0n) is 10.8. The second-order valence-corrected chi connectivity index (χ2v) is 10.7. The Labute approximate surface area is 118 Å². The SMILES string of the molecule is CC(C)NC1CCS(=O)(=O)C2=C1CC(S(N)(=O)=O)S2. The Morgan fingerprint density at radius 1 is 1.42 bits per heavy atom. The number of thioether (sulfide) groups is 1. The molecule has 0 bridgehead atoms. The molecular formula is C10H18N2O4S3. The number of hydrogen-bond donors (Lipinski definition) is 2. The van der Waals surface area contributed by atoms with Crippen molar-refractivity contribution in [1.29, 1.82) is 0 Å². The van der Waals surface area contributed by atoms with Gasteiger partial charge in [-0.15, -0.1) is 0 Å². The van der Waals surface area contributed by atoms with Crippen LogP contribution >= 0.6 is 11.8 Å². The minimum atomic E-state index is -3.73. The highest BCUT2D eigenvalue weighted by Gasteiger charge is 2.43. The third-order valence-corrected chi connectivity index (χ3v) is 8.72. The predicted octanol–water partition coefficient (Wildman–Crippen LogP) is 0.135. The van der Waals surface area contributed by atoms with Crippen molar-refractivity contribution < 1.29 is 16.8 Å². The summed E-state index contributed by atoms with van der Waals surface area (Å²) < 4.78 is 46.3. The smallest absolute Gasteiger partial charge is 0.222 e. The maximum Gasteiger partial charge on any atom is 0.222 e. The molecule has 0 radical (unpaired) electrons. The second-order valence-electron chi connectivity index (χ2n) is 5.13. The molecule has 2 rings (SSSR count). The van der Waals surface area contributed by atoms with E-state index in [9.17, 15) is 16.8 Å². The number of rotatable bonds is 3. The molecule has 0 aromatic rings. The molecule has 3 N–H and O–H groups in total. The lowest BCUT2D eigenvalue weighted by Gasteiger charge is -2.27. The summed E-state index contributed by atoms with van der Waals surface area (Å²) in [6.07, 6.45) is 0.680. The van der Waals surface area contributed by atoms with E-state index in [1.807, 2.05) is 13.8 Å². The maximum absolute atomic E-state index is 12.0. The molecule has 19 heavy (non-hydrogen) atoms. The molecule has 0 saturated heterocycles. The predicted molar refractivity (Wildman–Crippen MR) is 76.6 cm³/mol. The average Bonchev–Trinajstić information content (AvgIpc) is 2.67. The van der Waals surface area contributed by atoms with E-state index in [-0.39, 0.29) is 28.5 Å². The summed E-state index contributed by atoms with van der Waals surface area (Å²) in [4.78, 5) is 0. The first-order chi connectivity index (χ1) is 8.61. The minimum Gasteiger partial charge on any atom is -0.308 e. The van der Waals surface area contributed by atoms with Crippen molar-refractivity contribution in [3.63, 3.8) is 0 Å². The molecule has 2 aliphatic heterocycles. The maximum atomic E-state index is 12.0. The molecule has 6 nitrogen and oxygen atoms in total. The van der Waals surface area contributed by atoms with Gasteiger partial charge in [-0.05, 0) is 18.4 Å². The Balaban J connectivity index is 2.35. The van der Waals surface area contributed by atoms with Crippen LogP contribution in [0.4, 0.5) is 0 Å². The van der Waals surface area contributed by atoms with E-state index in [0.29, 0.717) is 12.0 Å². The van der Waals surface area contributed by atoms with Crippen LogP contribution in [0.3, 0.4) is 0 Å². The molecular weight excluding hydrogens is 308 g/mol. The Hall–Kier alpha value is -0.0900. The molecule has 9 heteroatoms. The number of hydrogen-bond acceptors (Lipinski definition) is 6. The largest absolute Gasteiger partial charge is 0.308 e. The third-order valence-electron chi connectivity index (χ3n) is 3.17. The Bertz CT molecular complexity index is 607. The number of sulfone groups is 1. The molecule has 2 aliphatic rings. The van der Waals surface area contributed by atoms with Crippen molar-refractivity contribution in [2.24, 2.45) is 5.14 Å². The van der Waals surface area contributed by atoms with Gasteiger partial charge in [-0.3, -0.25) is 0 Å². The lowest BCUT2D eigenvalue weighted by Crippen LogP contribution is -2.40. The van der Waals surface area contributed by atoms with Crippen LogP contribution in [0.15, 0.2) is 9.81 Å². The molecule has 0 amide bonds. The summed E-state index contributed by atoms with van der Waals surface area (Å²) in [5.74, 6) is 0.0561. The Kier molecular flexibility index (Phi) is 4.05. The zero-order valence-corrected chi connectivity index (χ0v) is 13.2. The highest BCUT2D eigenvalue weighted by molar-refractivity contribution is 8.24. The molecule has 2 heterocycles. The molecule has 2 atom stereocenters. The molecule has 0 saturated carbocycles. The highest BCUT2D eigenvalue weighted by atomic mass is 32.3. The number of nitrogens with one attached hydrogen (secondary N) is 1. The molecule has 0 aliphatic carbocycles. The minimum absolute atomic E-state index is 0.0561. The van der Waals surface area contributed by atoms with Crippen LogP contribution < -0.4 is 10.5 Å². The van der Waals surface area contributed by atoms with Gasteiger partial charge in [0.05, 0.1) is 5.75 Å². The third kappa shape index (κ3) is 3.15. The van der Waals surface area contributed by atoms with E-state index in [4.69, 9.17) is 5.14 Å². The quantitative estimate of drug-likeness (QED) is 0.764. The second kappa shape index (κ2) is 5.03. The van der Waals surface area contributed by atoms with Crippen molar-refractivity contribution in [2.75, 3.05) is 5.75 Å². The number of sulfonamides is 1. The van der Waals surface area contributed by atoms with Crippen molar-refractivity contribution >= 4 is 31.6 Å². The summed E-state index contributed by atoms with van der Waals surface area (Å²) in [6.45, 7) is 3.95. The van der Waals surface area contributed by atoms with E-state index in [2.05, 4.69) is 5.32 Å². The fraction of sp³-hybridized carbons (Fsp3) is 0.800. The Morgan fingerprint density at radius 2 is 2.05 bits per heavy atom. The van der Waals surface area contributed by atoms with Crippen molar-refractivity contribution in [3.8, 4) is 0 Å². The normalized spacial score (nSPS) is 30.7. The van der Waals surface area contributed by atoms with E-state index >= 15 is 0 Å². The van der Waals surface area contributed by atoms with Gasteiger partial charge in [-0.1, -0.05) is 25.6 Å². The fourth-order valence-corrected chi connectivity index (χ4v) is 7.21.